The summed E-state index contributed by atoms with van der Waals surface area (Å²) in [6.45, 7) is 4.29. The number of para-hydroxylation sites is 1. The number of anilines is 1. The van der Waals surface area contributed by atoms with E-state index in [4.69, 9.17) is 0 Å². The monoisotopic (exact) mass is 414 g/mol. The molecule has 0 aromatic heterocycles. The Morgan fingerprint density at radius 1 is 0.839 bits per heavy atom. The third-order valence-corrected chi connectivity index (χ3v) is 7.74. The van der Waals surface area contributed by atoms with Crippen molar-refractivity contribution in [1.82, 2.24) is 4.90 Å². The Morgan fingerprint density at radius 2 is 1.45 bits per heavy atom. The molecule has 156 valence electrons. The van der Waals surface area contributed by atoms with E-state index in [2.05, 4.69) is 0 Å². The van der Waals surface area contributed by atoms with Gasteiger partial charge in [-0.1, -0.05) is 42.5 Å². The number of fused-ring (bicyclic) bond motifs is 6. The van der Waals surface area contributed by atoms with Gasteiger partial charge in [-0.15, -0.1) is 0 Å². The Kier molecular flexibility index (Phi) is 3.59. The molecule has 4 aliphatic rings. The lowest BCUT2D eigenvalue weighted by molar-refractivity contribution is -0.124. The molecule has 2 amide bonds. The van der Waals surface area contributed by atoms with Gasteiger partial charge in [-0.05, 0) is 44.4 Å². The zero-order chi connectivity index (χ0) is 21.7. The summed E-state index contributed by atoms with van der Waals surface area (Å²) in [5.41, 5.74) is 1.38. The number of benzene rings is 2. The van der Waals surface area contributed by atoms with Crippen LogP contribution in [-0.4, -0.2) is 46.4 Å². The zero-order valence-corrected chi connectivity index (χ0v) is 17.4. The molecule has 2 aromatic carbocycles. The van der Waals surface area contributed by atoms with Crippen LogP contribution in [0.4, 0.5) is 5.69 Å². The smallest absolute Gasteiger partial charge is 0.240 e. The molecule has 31 heavy (non-hydrogen) atoms. The maximum Gasteiger partial charge on any atom is 0.240 e. The van der Waals surface area contributed by atoms with Gasteiger partial charge in [-0.2, -0.15) is 0 Å². The minimum Gasteiger partial charge on any atom is -0.291 e. The van der Waals surface area contributed by atoms with E-state index < -0.39 is 23.3 Å². The molecule has 6 rings (SSSR count). The molecule has 1 aliphatic carbocycles. The van der Waals surface area contributed by atoms with E-state index in [-0.39, 0.29) is 23.5 Å². The summed E-state index contributed by atoms with van der Waals surface area (Å²) in [5, 5.41) is 0. The lowest BCUT2D eigenvalue weighted by Gasteiger charge is -2.35. The van der Waals surface area contributed by atoms with Gasteiger partial charge in [0, 0.05) is 17.2 Å². The summed E-state index contributed by atoms with van der Waals surface area (Å²) < 4.78 is 0. The van der Waals surface area contributed by atoms with Gasteiger partial charge in [0.1, 0.15) is 0 Å². The van der Waals surface area contributed by atoms with Crippen LogP contribution < -0.4 is 4.90 Å². The molecule has 3 saturated heterocycles. The van der Waals surface area contributed by atoms with E-state index in [0.717, 1.165) is 17.5 Å². The van der Waals surface area contributed by atoms with Crippen molar-refractivity contribution in [2.45, 2.75) is 38.3 Å². The van der Waals surface area contributed by atoms with Crippen LogP contribution in [0.5, 0.6) is 0 Å². The van der Waals surface area contributed by atoms with Gasteiger partial charge in [0.15, 0.2) is 17.1 Å². The third kappa shape index (κ3) is 1.97. The fourth-order valence-electron chi connectivity index (χ4n) is 6.62. The van der Waals surface area contributed by atoms with Crippen LogP contribution in [-0.2, 0) is 9.59 Å². The van der Waals surface area contributed by atoms with Crippen LogP contribution in [0, 0.1) is 25.7 Å². The third-order valence-electron chi connectivity index (χ3n) is 7.74. The number of amides is 2. The molecule has 1 spiro atoms. The Balaban J connectivity index is 1.57. The second-order valence-electron chi connectivity index (χ2n) is 9.13. The quantitative estimate of drug-likeness (QED) is 0.530. The predicted octanol–water partition coefficient (Wildman–Crippen LogP) is 2.71. The van der Waals surface area contributed by atoms with Crippen molar-refractivity contribution in [2.75, 3.05) is 11.4 Å². The topological polar surface area (TPSA) is 74.8 Å². The standard InChI is InChI=1S/C25H22N2O4/c1-13-7-5-8-14(2)20(13)27-23(30)18-17-11-6-12-26(17)25(19(18)24(27)31)21(28)15-9-3-4-10-16(15)22(25)29/h3-5,7-10,17-19H,6,11-12H2,1-2H3/t17-,18-,19-/m0/s1. The summed E-state index contributed by atoms with van der Waals surface area (Å²) in [4.78, 5) is 58.4. The largest absolute Gasteiger partial charge is 0.291 e. The van der Waals surface area contributed by atoms with E-state index >= 15 is 0 Å². The number of hydrogen-bond donors (Lipinski definition) is 0. The molecule has 3 aliphatic heterocycles. The van der Waals surface area contributed by atoms with E-state index in [9.17, 15) is 19.2 Å². The molecule has 0 bridgehead atoms. The number of rotatable bonds is 1. The first-order chi connectivity index (χ1) is 14.9. The Morgan fingerprint density at radius 3 is 2.06 bits per heavy atom. The number of ketones is 2. The highest BCUT2D eigenvalue weighted by Crippen LogP contribution is 2.57. The zero-order valence-electron chi connectivity index (χ0n) is 17.4. The van der Waals surface area contributed by atoms with Gasteiger partial charge >= 0.3 is 0 Å². The van der Waals surface area contributed by atoms with Crippen molar-refractivity contribution < 1.29 is 19.2 Å². The molecule has 3 fully saturated rings. The number of carbonyl (C=O) groups excluding carboxylic acids is 4. The molecule has 0 unspecified atom stereocenters. The number of imide groups is 1. The van der Waals surface area contributed by atoms with E-state index in [1.54, 1.807) is 24.3 Å². The van der Waals surface area contributed by atoms with Crippen LogP contribution in [0.25, 0.3) is 0 Å². The van der Waals surface area contributed by atoms with Gasteiger partial charge in [0.2, 0.25) is 11.8 Å². The summed E-state index contributed by atoms with van der Waals surface area (Å²) in [6.07, 6.45) is 1.51. The highest BCUT2D eigenvalue weighted by Gasteiger charge is 2.76. The predicted molar refractivity (Wildman–Crippen MR) is 113 cm³/mol. The first-order valence-corrected chi connectivity index (χ1v) is 10.8. The van der Waals surface area contributed by atoms with Crippen LogP contribution in [0.2, 0.25) is 0 Å². The van der Waals surface area contributed by atoms with Crippen molar-refractivity contribution in [2.24, 2.45) is 11.8 Å². The average molecular weight is 414 g/mol. The minimum absolute atomic E-state index is 0.266. The average Bonchev–Trinajstić information content (AvgIpc) is 3.44. The number of hydrogen-bond acceptors (Lipinski definition) is 5. The number of carbonyl (C=O) groups is 4. The van der Waals surface area contributed by atoms with Gasteiger partial charge < -0.3 is 0 Å². The van der Waals surface area contributed by atoms with Crippen molar-refractivity contribution >= 4 is 29.1 Å². The van der Waals surface area contributed by atoms with Crippen molar-refractivity contribution in [3.8, 4) is 0 Å². The maximum absolute atomic E-state index is 13.9. The van der Waals surface area contributed by atoms with Crippen LogP contribution >= 0.6 is 0 Å². The molecule has 3 heterocycles. The van der Waals surface area contributed by atoms with E-state index in [1.165, 1.54) is 4.90 Å². The summed E-state index contributed by atoms with van der Waals surface area (Å²) in [7, 11) is 0. The molecule has 0 N–H and O–H groups in total. The number of aryl methyl sites for hydroxylation is 2. The van der Waals surface area contributed by atoms with Crippen LogP contribution in [0.3, 0.4) is 0 Å². The molecule has 0 saturated carbocycles. The summed E-state index contributed by atoms with van der Waals surface area (Å²) >= 11 is 0. The van der Waals surface area contributed by atoms with Gasteiger partial charge in [0.25, 0.3) is 0 Å². The normalized spacial score (nSPS) is 28.6. The molecule has 6 nitrogen and oxygen atoms in total. The second kappa shape index (κ2) is 5.98. The molecular formula is C25H22N2O4. The van der Waals surface area contributed by atoms with E-state index in [1.807, 2.05) is 36.9 Å². The summed E-state index contributed by atoms with van der Waals surface area (Å²) in [6, 6.07) is 12.2. The van der Waals surface area contributed by atoms with Gasteiger partial charge in [0.05, 0.1) is 17.5 Å². The highest BCUT2D eigenvalue weighted by molar-refractivity contribution is 6.38. The maximum atomic E-state index is 13.9. The first kappa shape index (κ1) is 18.6. The molecule has 2 aromatic rings. The molecule has 6 heteroatoms. The lowest BCUT2D eigenvalue weighted by Crippen LogP contribution is -2.59. The highest BCUT2D eigenvalue weighted by atomic mass is 16.2. The van der Waals surface area contributed by atoms with Crippen molar-refractivity contribution in [3.05, 3.63) is 64.7 Å². The van der Waals surface area contributed by atoms with Crippen molar-refractivity contribution in [1.29, 1.82) is 0 Å². The molecule has 3 atom stereocenters. The van der Waals surface area contributed by atoms with E-state index in [0.29, 0.717) is 29.8 Å². The number of nitrogens with zero attached hydrogens (tertiary/aromatic N) is 2. The fourth-order valence-corrected chi connectivity index (χ4v) is 6.62. The van der Waals surface area contributed by atoms with Crippen LogP contribution in [0.15, 0.2) is 42.5 Å². The first-order valence-electron chi connectivity index (χ1n) is 10.8. The Hall–Kier alpha value is -3.12. The summed E-state index contributed by atoms with van der Waals surface area (Å²) in [5.74, 6) is -2.99. The fraction of sp³-hybridized carbons (Fsp3) is 0.360. The second-order valence-corrected chi connectivity index (χ2v) is 9.13. The SMILES string of the molecule is Cc1cccc(C)c1N1C(=O)[C@@H]2[C@@H](C1=O)C1(C(=O)c3ccccc3C1=O)N1CCC[C@@H]21. The lowest BCUT2D eigenvalue weighted by atomic mass is 9.76. The Bertz CT molecular complexity index is 1160. The van der Waals surface area contributed by atoms with Crippen LogP contribution in [0.1, 0.15) is 44.7 Å². The van der Waals surface area contributed by atoms with Crippen molar-refractivity contribution in [3.63, 3.8) is 0 Å². The molecular weight excluding hydrogens is 392 g/mol. The van der Waals surface area contributed by atoms with Gasteiger partial charge in [-0.25, -0.2) is 4.90 Å². The minimum atomic E-state index is -1.59. The number of Topliss-reactive ketones (excluding diaryl/α,β-unsaturated/α-hetero) is 2. The molecule has 0 radical (unpaired) electrons. The van der Waals surface area contributed by atoms with Gasteiger partial charge in [-0.3, -0.25) is 24.1 Å². The Labute approximate surface area is 179 Å².